The van der Waals surface area contributed by atoms with Crippen LogP contribution in [0.4, 0.5) is 5.82 Å². The van der Waals surface area contributed by atoms with E-state index in [2.05, 4.69) is 41.9 Å². The lowest BCUT2D eigenvalue weighted by molar-refractivity contribution is -0.903. The first-order chi connectivity index (χ1) is 14.1. The van der Waals surface area contributed by atoms with E-state index in [0.29, 0.717) is 25.7 Å². The van der Waals surface area contributed by atoms with Crippen LogP contribution in [0.3, 0.4) is 0 Å². The zero-order valence-electron chi connectivity index (χ0n) is 17.6. The molecule has 1 aromatic heterocycles. The van der Waals surface area contributed by atoms with Crippen LogP contribution in [0.2, 0.25) is 0 Å². The lowest BCUT2D eigenvalue weighted by atomic mass is 10.0. The fourth-order valence-electron chi connectivity index (χ4n) is 3.76. The van der Waals surface area contributed by atoms with Crippen LogP contribution in [0.25, 0.3) is 0 Å². The molecule has 0 saturated carbocycles. The number of aliphatic hydroxyl groups is 1. The normalized spacial score (nSPS) is 16.2. The SMILES string of the molecule is CC(C)c1ccccc1OCCOC[C@H](O)C[NH+]1CCN(c2cccc[nH+]2)CC1. The van der Waals surface area contributed by atoms with Crippen molar-refractivity contribution in [3.63, 3.8) is 0 Å². The largest absolute Gasteiger partial charge is 0.491 e. The Balaban J connectivity index is 1.29. The van der Waals surface area contributed by atoms with Crippen molar-refractivity contribution in [2.45, 2.75) is 25.9 Å². The summed E-state index contributed by atoms with van der Waals surface area (Å²) in [6.07, 6.45) is 1.52. The van der Waals surface area contributed by atoms with E-state index in [1.165, 1.54) is 10.5 Å². The second-order valence-corrected chi connectivity index (χ2v) is 7.96. The van der Waals surface area contributed by atoms with Crippen molar-refractivity contribution in [3.8, 4) is 5.75 Å². The second kappa shape index (κ2) is 11.1. The van der Waals surface area contributed by atoms with Gasteiger partial charge in [0, 0.05) is 6.07 Å². The van der Waals surface area contributed by atoms with Crippen LogP contribution in [-0.2, 0) is 4.74 Å². The number of aromatic nitrogens is 1. The average Bonchev–Trinajstić information content (AvgIpc) is 2.75. The Morgan fingerprint density at radius 1 is 1.07 bits per heavy atom. The van der Waals surface area contributed by atoms with Crippen LogP contribution in [0.15, 0.2) is 48.7 Å². The van der Waals surface area contributed by atoms with Gasteiger partial charge in [0.25, 0.3) is 5.82 Å². The Labute approximate surface area is 174 Å². The van der Waals surface area contributed by atoms with E-state index >= 15 is 0 Å². The van der Waals surface area contributed by atoms with Crippen molar-refractivity contribution in [2.24, 2.45) is 0 Å². The first-order valence-corrected chi connectivity index (χ1v) is 10.7. The van der Waals surface area contributed by atoms with Gasteiger partial charge in [0.15, 0.2) is 0 Å². The van der Waals surface area contributed by atoms with Gasteiger partial charge in [0.05, 0.1) is 19.4 Å². The molecule has 0 bridgehead atoms. The van der Waals surface area contributed by atoms with E-state index in [0.717, 1.165) is 44.3 Å². The van der Waals surface area contributed by atoms with Gasteiger partial charge in [-0.05, 0) is 23.6 Å². The van der Waals surface area contributed by atoms with Crippen LogP contribution in [0.5, 0.6) is 5.75 Å². The van der Waals surface area contributed by atoms with Gasteiger partial charge in [-0.15, -0.1) is 0 Å². The molecule has 0 unspecified atom stereocenters. The number of hydrogen-bond donors (Lipinski definition) is 2. The fraction of sp³-hybridized carbons (Fsp3) is 0.522. The number of rotatable bonds is 10. The van der Waals surface area contributed by atoms with Gasteiger partial charge in [-0.3, -0.25) is 4.90 Å². The van der Waals surface area contributed by atoms with Gasteiger partial charge < -0.3 is 19.5 Å². The van der Waals surface area contributed by atoms with Gasteiger partial charge in [0.2, 0.25) is 0 Å². The number of anilines is 1. The quantitative estimate of drug-likeness (QED) is 0.578. The summed E-state index contributed by atoms with van der Waals surface area (Å²) in [7, 11) is 0. The van der Waals surface area contributed by atoms with Gasteiger partial charge in [0.1, 0.15) is 51.2 Å². The average molecular weight is 402 g/mol. The molecule has 0 aliphatic carbocycles. The maximum Gasteiger partial charge on any atom is 0.274 e. The van der Waals surface area contributed by atoms with Crippen molar-refractivity contribution in [1.82, 2.24) is 0 Å². The molecular weight excluding hydrogens is 366 g/mol. The van der Waals surface area contributed by atoms with E-state index in [-0.39, 0.29) is 0 Å². The predicted molar refractivity (Wildman–Crippen MR) is 114 cm³/mol. The highest BCUT2D eigenvalue weighted by atomic mass is 16.5. The summed E-state index contributed by atoms with van der Waals surface area (Å²) in [4.78, 5) is 7.08. The summed E-state index contributed by atoms with van der Waals surface area (Å²) in [5.41, 5.74) is 1.21. The number of aromatic amines is 1. The lowest BCUT2D eigenvalue weighted by Gasteiger charge is -2.29. The van der Waals surface area contributed by atoms with Crippen molar-refractivity contribution in [3.05, 3.63) is 54.2 Å². The van der Waals surface area contributed by atoms with Gasteiger partial charge in [-0.1, -0.05) is 38.1 Å². The van der Waals surface area contributed by atoms with E-state index in [1.807, 2.05) is 30.5 Å². The molecule has 1 aromatic carbocycles. The molecule has 2 heterocycles. The van der Waals surface area contributed by atoms with Crippen LogP contribution < -0.4 is 19.5 Å². The molecule has 1 atom stereocenters. The van der Waals surface area contributed by atoms with Crippen molar-refractivity contribution in [2.75, 3.05) is 57.4 Å². The first-order valence-electron chi connectivity index (χ1n) is 10.7. The van der Waals surface area contributed by atoms with E-state index in [9.17, 15) is 5.11 Å². The van der Waals surface area contributed by atoms with E-state index < -0.39 is 6.10 Å². The summed E-state index contributed by atoms with van der Waals surface area (Å²) in [6.45, 7) is 10.4. The molecule has 1 fully saturated rings. The molecule has 29 heavy (non-hydrogen) atoms. The van der Waals surface area contributed by atoms with E-state index in [4.69, 9.17) is 9.47 Å². The zero-order valence-corrected chi connectivity index (χ0v) is 17.6. The number of nitrogens with zero attached hydrogens (tertiary/aromatic N) is 1. The number of quaternary nitrogens is 1. The minimum Gasteiger partial charge on any atom is -0.491 e. The molecule has 0 radical (unpaired) electrons. The number of hydrogen-bond acceptors (Lipinski definition) is 4. The molecule has 158 valence electrons. The van der Waals surface area contributed by atoms with Gasteiger partial charge in [-0.25, -0.2) is 4.98 Å². The third-order valence-corrected chi connectivity index (χ3v) is 5.36. The van der Waals surface area contributed by atoms with Crippen LogP contribution >= 0.6 is 0 Å². The van der Waals surface area contributed by atoms with Gasteiger partial charge >= 0.3 is 0 Å². The summed E-state index contributed by atoms with van der Waals surface area (Å²) in [5, 5.41) is 10.3. The molecule has 1 aliphatic heterocycles. The number of para-hydroxylation sites is 1. The standard InChI is InChI=1S/C23H33N3O3/c1-19(2)21-7-3-4-8-22(21)29-16-15-28-18-20(27)17-25-11-13-26(14-12-25)23-9-5-6-10-24-23/h3-10,19-20,27H,11-18H2,1-2H3/p+2/t20-/m1/s1. The van der Waals surface area contributed by atoms with Crippen molar-refractivity contribution >= 4 is 5.82 Å². The zero-order chi connectivity index (χ0) is 20.5. The smallest absolute Gasteiger partial charge is 0.274 e. The van der Waals surface area contributed by atoms with E-state index in [1.54, 1.807) is 0 Å². The number of nitrogens with one attached hydrogen (secondary N) is 2. The second-order valence-electron chi connectivity index (χ2n) is 7.96. The minimum absolute atomic E-state index is 0.356. The molecule has 1 aliphatic rings. The van der Waals surface area contributed by atoms with Crippen molar-refractivity contribution in [1.29, 1.82) is 0 Å². The number of benzene rings is 1. The molecule has 3 N–H and O–H groups in total. The Hall–Kier alpha value is -2.15. The maximum atomic E-state index is 10.3. The number of piperazine rings is 1. The molecule has 6 nitrogen and oxygen atoms in total. The summed E-state index contributed by atoms with van der Waals surface area (Å²) in [6, 6.07) is 14.3. The minimum atomic E-state index is -0.442. The highest BCUT2D eigenvalue weighted by Crippen LogP contribution is 2.25. The molecule has 2 aromatic rings. The highest BCUT2D eigenvalue weighted by Gasteiger charge is 2.27. The molecule has 0 spiro atoms. The Bertz CT molecular complexity index is 718. The van der Waals surface area contributed by atoms with Gasteiger partial charge in [-0.2, -0.15) is 0 Å². The van der Waals surface area contributed by atoms with Crippen LogP contribution in [0.1, 0.15) is 25.3 Å². The van der Waals surface area contributed by atoms with Crippen LogP contribution in [0, 0.1) is 0 Å². The number of pyridine rings is 1. The molecule has 3 rings (SSSR count). The Kier molecular flexibility index (Phi) is 8.28. The third-order valence-electron chi connectivity index (χ3n) is 5.36. The Morgan fingerprint density at radius 2 is 1.83 bits per heavy atom. The topological polar surface area (TPSA) is 60.5 Å². The number of H-pyrrole nitrogens is 1. The molecule has 1 saturated heterocycles. The van der Waals surface area contributed by atoms with Crippen molar-refractivity contribution < 1.29 is 24.5 Å². The monoisotopic (exact) mass is 401 g/mol. The summed E-state index contributed by atoms with van der Waals surface area (Å²) < 4.78 is 11.5. The maximum absolute atomic E-state index is 10.3. The molecular formula is C23H35N3O3+2. The third kappa shape index (κ3) is 6.70. The molecule has 0 amide bonds. The predicted octanol–water partition coefficient (Wildman–Crippen LogP) is 0.786. The first kappa shape index (κ1) is 21.6. The Morgan fingerprint density at radius 3 is 2.55 bits per heavy atom. The summed E-state index contributed by atoms with van der Waals surface area (Å²) in [5.74, 6) is 2.51. The molecule has 6 heteroatoms. The summed E-state index contributed by atoms with van der Waals surface area (Å²) >= 11 is 0. The lowest BCUT2D eigenvalue weighted by Crippen LogP contribution is -3.16. The highest BCUT2D eigenvalue weighted by molar-refractivity contribution is 5.35. The number of ether oxygens (including phenoxy) is 2. The van der Waals surface area contributed by atoms with Crippen LogP contribution in [-0.4, -0.2) is 63.8 Å². The fourth-order valence-corrected chi connectivity index (χ4v) is 3.76. The number of aliphatic hydroxyl groups excluding tert-OH is 1.